The van der Waals surface area contributed by atoms with E-state index >= 15 is 0 Å². The molecule has 0 saturated heterocycles. The number of aromatic nitrogens is 3. The van der Waals surface area contributed by atoms with E-state index in [4.69, 9.17) is 26.1 Å². The predicted octanol–water partition coefficient (Wildman–Crippen LogP) is 5.39. The molecule has 2 N–H and O–H groups in total. The molecule has 1 aliphatic rings. The molecular weight excluding hydrogens is 596 g/mol. The monoisotopic (exact) mass is 636 g/mol. The van der Waals surface area contributed by atoms with Gasteiger partial charge >= 0.3 is 5.97 Å². The average Bonchev–Trinajstić information content (AvgIpc) is 3.24. The van der Waals surface area contributed by atoms with Crippen LogP contribution in [0.2, 0.25) is 5.15 Å². The Morgan fingerprint density at radius 3 is 2.53 bits per heavy atom. The lowest BCUT2D eigenvalue weighted by Gasteiger charge is -2.26. The summed E-state index contributed by atoms with van der Waals surface area (Å²) in [5.41, 5.74) is 3.20. The molecule has 4 rings (SSSR count). The lowest BCUT2D eigenvalue weighted by atomic mass is 9.91. The third kappa shape index (κ3) is 7.63. The molecule has 0 unspecified atom stereocenters. The number of hydrogen-bond donors (Lipinski definition) is 2. The Balaban J connectivity index is 1.80. The molecule has 1 amide bonds. The topological polar surface area (TPSA) is 125 Å². The number of anilines is 6. The lowest BCUT2D eigenvalue weighted by molar-refractivity contribution is -0.111. The van der Waals surface area contributed by atoms with Crippen molar-refractivity contribution >= 4 is 58.0 Å². The second-order valence-electron chi connectivity index (χ2n) is 12.0. The normalized spacial score (nSPS) is 13.4. The highest BCUT2D eigenvalue weighted by molar-refractivity contribution is 6.29. The summed E-state index contributed by atoms with van der Waals surface area (Å²) in [6.45, 7) is 13.3. The fraction of sp³-hybridized carbons (Fsp3) is 0.406. The quantitative estimate of drug-likeness (QED) is 0.151. The fourth-order valence-corrected chi connectivity index (χ4v) is 5.12. The van der Waals surface area contributed by atoms with Crippen LogP contribution in [-0.4, -0.2) is 85.7 Å². The van der Waals surface area contributed by atoms with Crippen molar-refractivity contribution in [2.75, 3.05) is 68.3 Å². The van der Waals surface area contributed by atoms with Gasteiger partial charge in [-0.05, 0) is 52.2 Å². The smallest absolute Gasteiger partial charge is 0.343 e. The highest BCUT2D eigenvalue weighted by Gasteiger charge is 2.40. The lowest BCUT2D eigenvalue weighted by Crippen LogP contribution is -2.29. The SMILES string of the molecule is C=CC(=O)Nc1cc(Nc2ncc(C(=O)OC(C)C)c(N3CC(C)(C)c4nc(Cl)ccc43)n2)c(OC)cc1N(C)CCN(C)C. The molecule has 0 radical (unpaired) electrons. The summed E-state index contributed by atoms with van der Waals surface area (Å²) in [7, 11) is 7.50. The molecule has 0 atom stereocenters. The first-order valence-corrected chi connectivity index (χ1v) is 14.9. The van der Waals surface area contributed by atoms with Crippen LogP contribution in [0.5, 0.6) is 5.75 Å². The Labute approximate surface area is 269 Å². The zero-order valence-corrected chi connectivity index (χ0v) is 27.8. The first kappa shape index (κ1) is 33.5. The Morgan fingerprint density at radius 2 is 1.89 bits per heavy atom. The number of pyridine rings is 1. The number of carbonyl (C=O) groups is 2. The van der Waals surface area contributed by atoms with Crippen molar-refractivity contribution in [2.24, 2.45) is 0 Å². The molecule has 0 saturated carbocycles. The maximum Gasteiger partial charge on any atom is 0.343 e. The second-order valence-corrected chi connectivity index (χ2v) is 12.4. The van der Waals surface area contributed by atoms with Gasteiger partial charge in [0.25, 0.3) is 0 Å². The summed E-state index contributed by atoms with van der Waals surface area (Å²) in [4.78, 5) is 45.5. The number of nitrogens with zero attached hydrogens (tertiary/aromatic N) is 6. The summed E-state index contributed by atoms with van der Waals surface area (Å²) in [6.07, 6.45) is 2.32. The van der Waals surface area contributed by atoms with Gasteiger partial charge in [0.2, 0.25) is 11.9 Å². The molecule has 0 aliphatic carbocycles. The molecule has 0 fully saturated rings. The molecule has 13 heteroatoms. The molecule has 45 heavy (non-hydrogen) atoms. The number of amides is 1. The van der Waals surface area contributed by atoms with Gasteiger partial charge in [0.15, 0.2) is 5.82 Å². The van der Waals surface area contributed by atoms with Crippen molar-refractivity contribution in [3.63, 3.8) is 0 Å². The molecule has 0 bridgehead atoms. The molecule has 3 heterocycles. The van der Waals surface area contributed by atoms with E-state index in [0.29, 0.717) is 41.2 Å². The Morgan fingerprint density at radius 1 is 1.16 bits per heavy atom. The van der Waals surface area contributed by atoms with Gasteiger partial charge in [-0.1, -0.05) is 32.0 Å². The van der Waals surface area contributed by atoms with E-state index in [0.717, 1.165) is 23.6 Å². The van der Waals surface area contributed by atoms with Crippen LogP contribution >= 0.6 is 11.6 Å². The third-order valence-corrected chi connectivity index (χ3v) is 7.42. The molecule has 0 spiro atoms. The number of fused-ring (bicyclic) bond motifs is 1. The van der Waals surface area contributed by atoms with Gasteiger partial charge in [-0.2, -0.15) is 4.98 Å². The number of likely N-dealkylation sites (N-methyl/N-ethyl adjacent to an activating group) is 2. The van der Waals surface area contributed by atoms with Gasteiger partial charge in [-0.25, -0.2) is 14.8 Å². The van der Waals surface area contributed by atoms with E-state index in [1.807, 2.05) is 43.1 Å². The summed E-state index contributed by atoms with van der Waals surface area (Å²) in [5, 5.41) is 6.51. The van der Waals surface area contributed by atoms with Gasteiger partial charge in [-0.15, -0.1) is 0 Å². The maximum absolute atomic E-state index is 13.2. The van der Waals surface area contributed by atoms with Crippen LogP contribution in [-0.2, 0) is 14.9 Å². The van der Waals surface area contributed by atoms with Crippen molar-refractivity contribution in [3.8, 4) is 5.75 Å². The molecule has 240 valence electrons. The van der Waals surface area contributed by atoms with E-state index < -0.39 is 5.97 Å². The second kappa shape index (κ2) is 13.7. The minimum atomic E-state index is -0.545. The molecule has 1 aliphatic heterocycles. The van der Waals surface area contributed by atoms with Gasteiger partial charge in [0.05, 0.1) is 41.7 Å². The van der Waals surface area contributed by atoms with Crippen LogP contribution < -0.4 is 25.2 Å². The Hall–Kier alpha value is -4.42. The van der Waals surface area contributed by atoms with Crippen molar-refractivity contribution in [1.82, 2.24) is 19.9 Å². The minimum Gasteiger partial charge on any atom is -0.494 e. The number of benzene rings is 1. The molecule has 1 aromatic carbocycles. The van der Waals surface area contributed by atoms with E-state index in [1.165, 1.54) is 12.3 Å². The Kier molecular flexibility index (Phi) is 10.2. The summed E-state index contributed by atoms with van der Waals surface area (Å²) < 4.78 is 11.3. The first-order chi connectivity index (χ1) is 21.2. The number of ether oxygens (including phenoxy) is 2. The van der Waals surface area contributed by atoms with Crippen molar-refractivity contribution in [1.29, 1.82) is 0 Å². The van der Waals surface area contributed by atoms with Crippen LogP contribution in [0.25, 0.3) is 0 Å². The van der Waals surface area contributed by atoms with E-state index in [2.05, 4.69) is 45.9 Å². The fourth-order valence-electron chi connectivity index (χ4n) is 4.97. The summed E-state index contributed by atoms with van der Waals surface area (Å²) in [6, 6.07) is 7.17. The van der Waals surface area contributed by atoms with Crippen LogP contribution in [0.3, 0.4) is 0 Å². The van der Waals surface area contributed by atoms with Gasteiger partial charge in [0, 0.05) is 44.4 Å². The van der Waals surface area contributed by atoms with Gasteiger partial charge in [-0.3, -0.25) is 4.79 Å². The molecule has 3 aromatic rings. The number of rotatable bonds is 12. The predicted molar refractivity (Wildman–Crippen MR) is 179 cm³/mol. The third-order valence-electron chi connectivity index (χ3n) is 7.21. The van der Waals surface area contributed by atoms with Crippen molar-refractivity contribution in [2.45, 2.75) is 39.2 Å². The number of halogens is 1. The first-order valence-electron chi connectivity index (χ1n) is 14.5. The molecule has 12 nitrogen and oxygen atoms in total. The standard InChI is InChI=1S/C32H41ClN8O4/c1-10-27(42)35-21-15-22(25(44-9)16-24(21)40(8)14-13-39(6)7)36-31-34-17-20(30(43)45-19(2)3)29(38-31)41-18-32(4,5)28-23(41)11-12-26(33)37-28/h10-12,15-17,19H,1,13-14,18H2,2-9H3,(H,35,42)(H,34,36,38). The summed E-state index contributed by atoms with van der Waals surface area (Å²) in [5.74, 6) is 0.152. The number of carbonyl (C=O) groups excluding carboxylic acids is 2. The van der Waals surface area contributed by atoms with E-state index in [-0.39, 0.29) is 28.9 Å². The molecule has 2 aromatic heterocycles. The largest absolute Gasteiger partial charge is 0.494 e. The van der Waals surface area contributed by atoms with Gasteiger partial charge in [0.1, 0.15) is 16.5 Å². The van der Waals surface area contributed by atoms with Crippen molar-refractivity contribution < 1.29 is 19.1 Å². The highest BCUT2D eigenvalue weighted by Crippen LogP contribution is 2.45. The van der Waals surface area contributed by atoms with E-state index in [9.17, 15) is 9.59 Å². The van der Waals surface area contributed by atoms with Crippen LogP contribution in [0.15, 0.2) is 43.1 Å². The maximum atomic E-state index is 13.2. The number of nitrogens with one attached hydrogen (secondary N) is 2. The van der Waals surface area contributed by atoms with Crippen LogP contribution in [0.4, 0.5) is 34.5 Å². The number of esters is 1. The molecular formula is C32H41ClN8O4. The highest BCUT2D eigenvalue weighted by atomic mass is 35.5. The number of hydrogen-bond acceptors (Lipinski definition) is 11. The van der Waals surface area contributed by atoms with Crippen molar-refractivity contribution in [3.05, 3.63) is 59.5 Å². The summed E-state index contributed by atoms with van der Waals surface area (Å²) >= 11 is 6.25. The number of methoxy groups -OCH3 is 1. The zero-order chi connectivity index (χ0) is 33.1. The van der Waals surface area contributed by atoms with Gasteiger partial charge < -0.3 is 34.8 Å². The van der Waals surface area contributed by atoms with Crippen LogP contribution in [0.1, 0.15) is 43.7 Å². The average molecular weight is 637 g/mol. The Bertz CT molecular complexity index is 1590. The minimum absolute atomic E-state index is 0.201. The zero-order valence-electron chi connectivity index (χ0n) is 27.1. The van der Waals surface area contributed by atoms with E-state index in [1.54, 1.807) is 33.1 Å². The van der Waals surface area contributed by atoms with Crippen LogP contribution in [0, 0.1) is 0 Å².